The van der Waals surface area contributed by atoms with Gasteiger partial charge in [0.2, 0.25) is 10.0 Å². The zero-order valence-electron chi connectivity index (χ0n) is 10.7. The lowest BCUT2D eigenvalue weighted by atomic mass is 10.2. The normalized spacial score (nSPS) is 23.7. The minimum Gasteiger partial charge on any atom is -0.548 e. The van der Waals surface area contributed by atoms with Gasteiger partial charge < -0.3 is 19.7 Å². The van der Waals surface area contributed by atoms with Crippen LogP contribution in [0.25, 0.3) is 0 Å². The lowest BCUT2D eigenvalue weighted by Crippen LogP contribution is -2.46. The van der Waals surface area contributed by atoms with E-state index in [0.29, 0.717) is 5.75 Å². The van der Waals surface area contributed by atoms with Crippen LogP contribution in [0.5, 0.6) is 5.75 Å². The minimum absolute atomic E-state index is 0.0568. The average Bonchev–Trinajstić information content (AvgIpc) is 2.82. The summed E-state index contributed by atoms with van der Waals surface area (Å²) in [6, 6.07) is 4.23. The van der Waals surface area contributed by atoms with Gasteiger partial charge in [-0.3, -0.25) is 0 Å². The van der Waals surface area contributed by atoms with Gasteiger partial charge >= 0.3 is 0 Å². The van der Waals surface area contributed by atoms with E-state index in [1.165, 1.54) is 31.4 Å². The van der Waals surface area contributed by atoms with Crippen LogP contribution in [0.4, 0.5) is 0 Å². The Bertz CT molecular complexity index is 597. The maximum atomic E-state index is 12.4. The highest BCUT2D eigenvalue weighted by atomic mass is 32.2. The average molecular weight is 300 g/mol. The summed E-state index contributed by atoms with van der Waals surface area (Å²) >= 11 is 0. The van der Waals surface area contributed by atoms with Crippen molar-refractivity contribution in [1.82, 2.24) is 4.31 Å². The van der Waals surface area contributed by atoms with Gasteiger partial charge in [0.1, 0.15) is 5.75 Å². The molecular weight excluding hydrogens is 286 g/mol. The third kappa shape index (κ3) is 2.62. The van der Waals surface area contributed by atoms with Crippen LogP contribution in [0.1, 0.15) is 6.42 Å². The summed E-state index contributed by atoms with van der Waals surface area (Å²) in [5.41, 5.74) is 0. The maximum absolute atomic E-state index is 12.4. The number of hydrogen-bond acceptors (Lipinski definition) is 6. The highest BCUT2D eigenvalue weighted by molar-refractivity contribution is 7.89. The number of ether oxygens (including phenoxy) is 1. The van der Waals surface area contributed by atoms with Crippen LogP contribution in [0, 0.1) is 0 Å². The summed E-state index contributed by atoms with van der Waals surface area (Å²) in [6.45, 7) is -0.257. The highest BCUT2D eigenvalue weighted by Crippen LogP contribution is 2.27. The summed E-state index contributed by atoms with van der Waals surface area (Å²) in [6.07, 6.45) is -1.18. The van der Waals surface area contributed by atoms with E-state index in [2.05, 4.69) is 0 Å². The van der Waals surface area contributed by atoms with Gasteiger partial charge in [0.15, 0.2) is 0 Å². The molecule has 1 N–H and O–H groups in total. The molecule has 1 aliphatic heterocycles. The first-order chi connectivity index (χ1) is 9.36. The second-order valence-electron chi connectivity index (χ2n) is 4.47. The number of aliphatic hydroxyl groups excluding tert-OH is 1. The van der Waals surface area contributed by atoms with Gasteiger partial charge in [0.25, 0.3) is 0 Å². The molecule has 0 bridgehead atoms. The molecule has 0 spiro atoms. The Morgan fingerprint density at radius 3 is 2.50 bits per heavy atom. The smallest absolute Gasteiger partial charge is 0.243 e. The van der Waals surface area contributed by atoms with Crippen LogP contribution >= 0.6 is 0 Å². The standard InChI is InChI=1S/C12H15NO6S/c1-19-9-2-4-10(5-3-9)20(17,18)13-7-8(14)6-11(13)12(15)16/h2-5,8,11,14H,6-7H2,1H3,(H,15,16)/p-1/t8-,11+/m1/s1. The number of sulfonamides is 1. The summed E-state index contributed by atoms with van der Waals surface area (Å²) in [5.74, 6) is -1.03. The number of carboxylic acids is 1. The van der Waals surface area contributed by atoms with E-state index in [1.807, 2.05) is 0 Å². The molecule has 1 aliphatic rings. The second-order valence-corrected chi connectivity index (χ2v) is 6.37. The zero-order chi connectivity index (χ0) is 14.9. The number of β-amino-alcohol motifs (C(OH)–C–C–N with tert-alkyl or cyclic N) is 1. The third-order valence-corrected chi connectivity index (χ3v) is 5.06. The molecule has 0 radical (unpaired) electrons. The Kier molecular flexibility index (Phi) is 3.98. The second kappa shape index (κ2) is 5.39. The molecule has 1 fully saturated rings. The first-order valence-corrected chi connectivity index (χ1v) is 7.35. The molecule has 1 heterocycles. The van der Waals surface area contributed by atoms with Crippen LogP contribution in [0.2, 0.25) is 0 Å². The number of carboxylic acid groups (broad SMARTS) is 1. The molecule has 1 aromatic rings. The largest absolute Gasteiger partial charge is 0.548 e. The molecule has 1 saturated heterocycles. The van der Waals surface area contributed by atoms with Crippen molar-refractivity contribution in [2.75, 3.05) is 13.7 Å². The van der Waals surface area contributed by atoms with Crippen molar-refractivity contribution in [3.63, 3.8) is 0 Å². The van der Waals surface area contributed by atoms with Gasteiger partial charge in [0.05, 0.1) is 30.1 Å². The summed E-state index contributed by atoms with van der Waals surface area (Å²) in [5, 5.41) is 20.5. The Balaban J connectivity index is 2.35. The number of carbonyl (C=O) groups excluding carboxylic acids is 1. The maximum Gasteiger partial charge on any atom is 0.243 e. The zero-order valence-corrected chi connectivity index (χ0v) is 11.5. The van der Waals surface area contributed by atoms with Gasteiger partial charge in [-0.25, -0.2) is 8.42 Å². The number of methoxy groups -OCH3 is 1. The number of aliphatic hydroxyl groups is 1. The number of nitrogens with zero attached hydrogens (tertiary/aromatic N) is 1. The van der Waals surface area contributed by atoms with Gasteiger partial charge in [-0.1, -0.05) is 0 Å². The Hall–Kier alpha value is -1.64. The molecule has 20 heavy (non-hydrogen) atoms. The van der Waals surface area contributed by atoms with E-state index in [0.717, 1.165) is 4.31 Å². The molecule has 110 valence electrons. The fourth-order valence-electron chi connectivity index (χ4n) is 2.15. The van der Waals surface area contributed by atoms with Crippen LogP contribution in [0.3, 0.4) is 0 Å². The van der Waals surface area contributed by atoms with E-state index >= 15 is 0 Å². The molecule has 0 amide bonds. The predicted octanol–water partition coefficient (Wildman–Crippen LogP) is -1.43. The number of benzene rings is 1. The van der Waals surface area contributed by atoms with Crippen molar-refractivity contribution in [2.45, 2.75) is 23.5 Å². The van der Waals surface area contributed by atoms with Gasteiger partial charge in [0, 0.05) is 6.54 Å². The van der Waals surface area contributed by atoms with Crippen LogP contribution in [0.15, 0.2) is 29.2 Å². The molecule has 0 unspecified atom stereocenters. The molecule has 0 aliphatic carbocycles. The number of hydrogen-bond donors (Lipinski definition) is 1. The van der Waals surface area contributed by atoms with Crippen molar-refractivity contribution in [3.8, 4) is 5.75 Å². The van der Waals surface area contributed by atoms with E-state index in [9.17, 15) is 23.4 Å². The number of aliphatic carboxylic acids is 1. The molecule has 7 nitrogen and oxygen atoms in total. The Morgan fingerprint density at radius 1 is 1.40 bits per heavy atom. The number of rotatable bonds is 4. The fraction of sp³-hybridized carbons (Fsp3) is 0.417. The summed E-state index contributed by atoms with van der Waals surface area (Å²) < 4.78 is 30.4. The summed E-state index contributed by atoms with van der Waals surface area (Å²) in [7, 11) is -2.54. The number of carbonyl (C=O) groups is 1. The van der Waals surface area contributed by atoms with Crippen LogP contribution < -0.4 is 9.84 Å². The minimum atomic E-state index is -3.99. The topological polar surface area (TPSA) is 107 Å². The lowest BCUT2D eigenvalue weighted by molar-refractivity contribution is -0.309. The first-order valence-electron chi connectivity index (χ1n) is 5.91. The van der Waals surface area contributed by atoms with E-state index < -0.39 is 28.1 Å². The van der Waals surface area contributed by atoms with E-state index in [4.69, 9.17) is 4.74 Å². The predicted molar refractivity (Wildman–Crippen MR) is 66.3 cm³/mol. The quantitative estimate of drug-likeness (QED) is 0.730. The molecular formula is C12H14NO6S-. The van der Waals surface area contributed by atoms with Crippen molar-refractivity contribution in [2.24, 2.45) is 0 Å². The lowest BCUT2D eigenvalue weighted by Gasteiger charge is -2.24. The molecule has 8 heteroatoms. The Morgan fingerprint density at radius 2 is 2.00 bits per heavy atom. The van der Waals surface area contributed by atoms with Crippen molar-refractivity contribution < 1.29 is 28.2 Å². The van der Waals surface area contributed by atoms with Crippen molar-refractivity contribution in [3.05, 3.63) is 24.3 Å². The van der Waals surface area contributed by atoms with Crippen molar-refractivity contribution >= 4 is 16.0 Å². The third-order valence-electron chi connectivity index (χ3n) is 3.17. The SMILES string of the molecule is COc1ccc(S(=O)(=O)N2C[C@H](O)C[C@H]2C(=O)[O-])cc1. The highest BCUT2D eigenvalue weighted by Gasteiger charge is 2.40. The fourth-order valence-corrected chi connectivity index (χ4v) is 3.77. The molecule has 0 saturated carbocycles. The summed E-state index contributed by atoms with van der Waals surface area (Å²) in [4.78, 5) is 10.9. The Labute approximate surface area is 116 Å². The molecule has 1 aromatic carbocycles. The van der Waals surface area contributed by atoms with E-state index in [1.54, 1.807) is 0 Å². The van der Waals surface area contributed by atoms with Gasteiger partial charge in [-0.15, -0.1) is 0 Å². The van der Waals surface area contributed by atoms with Crippen LogP contribution in [-0.2, 0) is 14.8 Å². The first kappa shape index (κ1) is 14.8. The molecule has 2 atom stereocenters. The molecule has 0 aromatic heterocycles. The monoisotopic (exact) mass is 300 g/mol. The van der Waals surface area contributed by atoms with Gasteiger partial charge in [-0.2, -0.15) is 4.31 Å². The van der Waals surface area contributed by atoms with E-state index in [-0.39, 0.29) is 17.9 Å². The van der Waals surface area contributed by atoms with Crippen molar-refractivity contribution in [1.29, 1.82) is 0 Å². The van der Waals surface area contributed by atoms with Gasteiger partial charge in [-0.05, 0) is 30.7 Å². The molecule has 2 rings (SSSR count). The van der Waals surface area contributed by atoms with Crippen LogP contribution in [-0.4, -0.2) is 49.6 Å².